The molecule has 2 aromatic rings. The van der Waals surface area contributed by atoms with E-state index >= 15 is 0 Å². The van der Waals surface area contributed by atoms with Gasteiger partial charge >= 0.3 is 0 Å². The molecule has 2 heteroatoms. The van der Waals surface area contributed by atoms with Crippen molar-refractivity contribution >= 4 is 0 Å². The van der Waals surface area contributed by atoms with Gasteiger partial charge in [-0.25, -0.2) is 0 Å². The van der Waals surface area contributed by atoms with Crippen LogP contribution in [0, 0.1) is 20.8 Å². The molecule has 0 saturated carbocycles. The first-order valence-corrected chi connectivity index (χ1v) is 4.47. The van der Waals surface area contributed by atoms with Crippen molar-refractivity contribution < 1.29 is 30.6 Å². The molecule has 1 aromatic carbocycles. The summed E-state index contributed by atoms with van der Waals surface area (Å²) >= 11 is 0. The molecule has 0 N–H and O–H groups in total. The van der Waals surface area contributed by atoms with Gasteiger partial charge < -0.3 is 4.42 Å². The van der Waals surface area contributed by atoms with Crippen LogP contribution in [0.3, 0.4) is 0 Å². The van der Waals surface area contributed by atoms with E-state index in [1.54, 1.807) is 0 Å². The molecule has 0 saturated heterocycles. The minimum Gasteiger partial charge on any atom is -0.505 e. The van der Waals surface area contributed by atoms with Gasteiger partial charge in [0.2, 0.25) is 0 Å². The van der Waals surface area contributed by atoms with Crippen molar-refractivity contribution in [3.8, 4) is 11.3 Å². The number of rotatable bonds is 1. The Morgan fingerprint density at radius 1 is 1.14 bits per heavy atom. The van der Waals surface area contributed by atoms with E-state index in [2.05, 4.69) is 26.0 Å². The molecule has 0 unspecified atom stereocenters. The van der Waals surface area contributed by atoms with Gasteiger partial charge in [-0.15, -0.1) is 17.2 Å². The second-order valence-electron chi connectivity index (χ2n) is 3.52. The van der Waals surface area contributed by atoms with E-state index in [1.165, 1.54) is 16.7 Å². The van der Waals surface area contributed by atoms with Crippen LogP contribution in [0.1, 0.15) is 16.9 Å². The molecule has 72 valence electrons. The average molecular weight is 264 g/mol. The normalized spacial score (nSPS) is 9.93. The molecule has 0 radical (unpaired) electrons. The van der Waals surface area contributed by atoms with Crippen LogP contribution >= 0.6 is 0 Å². The van der Waals surface area contributed by atoms with E-state index in [-0.39, 0.29) is 26.2 Å². The topological polar surface area (TPSA) is 13.1 Å². The summed E-state index contributed by atoms with van der Waals surface area (Å²) in [5.41, 5.74) is 3.83. The first kappa shape index (κ1) is 11.6. The first-order valence-electron chi connectivity index (χ1n) is 4.47. The maximum absolute atomic E-state index is 5.54. The van der Waals surface area contributed by atoms with E-state index in [0.717, 1.165) is 11.5 Å². The zero-order valence-electron chi connectivity index (χ0n) is 8.72. The molecule has 14 heavy (non-hydrogen) atoms. The molecule has 1 aromatic heterocycles. The molecule has 0 aliphatic heterocycles. The number of furan rings is 1. The second kappa shape index (κ2) is 4.36. The van der Waals surface area contributed by atoms with Crippen molar-refractivity contribution in [3.05, 3.63) is 41.2 Å². The Morgan fingerprint density at radius 3 is 2.29 bits per heavy atom. The third-order valence-electron chi connectivity index (χ3n) is 2.39. The summed E-state index contributed by atoms with van der Waals surface area (Å²) in [5, 5.41) is 0. The zero-order chi connectivity index (χ0) is 9.42. The summed E-state index contributed by atoms with van der Waals surface area (Å²) in [6, 6.07) is 8.33. The van der Waals surface area contributed by atoms with Crippen molar-refractivity contribution in [2.45, 2.75) is 20.8 Å². The Hall–Kier alpha value is -0.487. The largest absolute Gasteiger partial charge is 0.505 e. The van der Waals surface area contributed by atoms with E-state index in [1.807, 2.05) is 19.1 Å². The standard InChI is InChI=1S/C12H13O.Zr/c1-8-6-11(7-9(8)2)12-5-4-10(3)13-12;/h4-7H,1-3H3;/q-1;. The monoisotopic (exact) mass is 263 g/mol. The molecular formula is C12H13OZr-. The summed E-state index contributed by atoms with van der Waals surface area (Å²) in [6.45, 7) is 6.20. The third kappa shape index (κ3) is 2.12. The molecule has 0 aliphatic rings. The summed E-state index contributed by atoms with van der Waals surface area (Å²) in [6.07, 6.45) is 0. The molecule has 0 aliphatic carbocycles. The van der Waals surface area contributed by atoms with Gasteiger partial charge in [-0.1, -0.05) is 19.9 Å². The minimum atomic E-state index is 0. The van der Waals surface area contributed by atoms with Gasteiger partial charge in [0.15, 0.2) is 0 Å². The molecule has 1 nitrogen and oxygen atoms in total. The van der Waals surface area contributed by atoms with Crippen molar-refractivity contribution in [1.29, 1.82) is 0 Å². The first-order chi connectivity index (χ1) is 6.16. The van der Waals surface area contributed by atoms with Gasteiger partial charge in [0.1, 0.15) is 0 Å². The predicted molar refractivity (Wildman–Crippen MR) is 53.9 cm³/mol. The predicted octanol–water partition coefficient (Wildman–Crippen LogP) is 3.59. The van der Waals surface area contributed by atoms with Crippen molar-refractivity contribution in [3.63, 3.8) is 0 Å². The fourth-order valence-electron chi connectivity index (χ4n) is 1.47. The Morgan fingerprint density at radius 2 is 1.86 bits per heavy atom. The maximum Gasteiger partial charge on any atom is 0.0869 e. The molecule has 1 heterocycles. The van der Waals surface area contributed by atoms with E-state index in [9.17, 15) is 0 Å². The molecule has 0 bridgehead atoms. The maximum atomic E-state index is 5.54. The van der Waals surface area contributed by atoms with Crippen molar-refractivity contribution in [1.82, 2.24) is 0 Å². The van der Waals surface area contributed by atoms with E-state index in [4.69, 9.17) is 4.42 Å². The van der Waals surface area contributed by atoms with Crippen LogP contribution in [0.2, 0.25) is 0 Å². The molecule has 0 atom stereocenters. The Bertz CT molecular complexity index is 404. The summed E-state index contributed by atoms with van der Waals surface area (Å²) < 4.78 is 5.54. The fourth-order valence-corrected chi connectivity index (χ4v) is 1.47. The molecule has 2 rings (SSSR count). The second-order valence-corrected chi connectivity index (χ2v) is 3.52. The number of aryl methyl sites for hydroxylation is 3. The van der Waals surface area contributed by atoms with Crippen LogP contribution in [0.25, 0.3) is 11.3 Å². The molecular weight excluding hydrogens is 251 g/mol. The molecule has 0 amide bonds. The average Bonchev–Trinajstić information content (AvgIpc) is 2.61. The quantitative estimate of drug-likeness (QED) is 0.718. The zero-order valence-corrected chi connectivity index (χ0v) is 11.2. The van der Waals surface area contributed by atoms with Crippen LogP contribution in [0.4, 0.5) is 0 Å². The van der Waals surface area contributed by atoms with Crippen LogP contribution < -0.4 is 0 Å². The third-order valence-corrected chi connectivity index (χ3v) is 2.39. The summed E-state index contributed by atoms with van der Waals surface area (Å²) in [7, 11) is 0. The van der Waals surface area contributed by atoms with Gasteiger partial charge in [-0.3, -0.25) is 0 Å². The van der Waals surface area contributed by atoms with Crippen molar-refractivity contribution in [2.75, 3.05) is 0 Å². The van der Waals surface area contributed by atoms with Gasteiger partial charge in [-0.05, 0) is 13.0 Å². The smallest absolute Gasteiger partial charge is 0.0869 e. The van der Waals surface area contributed by atoms with Crippen molar-refractivity contribution in [2.24, 2.45) is 0 Å². The van der Waals surface area contributed by atoms with Crippen LogP contribution in [-0.2, 0) is 26.2 Å². The van der Waals surface area contributed by atoms with Crippen LogP contribution in [0.5, 0.6) is 0 Å². The van der Waals surface area contributed by atoms with Gasteiger partial charge in [0.25, 0.3) is 0 Å². The van der Waals surface area contributed by atoms with E-state index in [0.29, 0.717) is 0 Å². The molecule has 0 fully saturated rings. The minimum absolute atomic E-state index is 0. The number of hydrogen-bond acceptors (Lipinski definition) is 1. The summed E-state index contributed by atoms with van der Waals surface area (Å²) in [5.74, 6) is 1.93. The van der Waals surface area contributed by atoms with Gasteiger partial charge in [0.05, 0.1) is 5.76 Å². The molecule has 0 spiro atoms. The summed E-state index contributed by atoms with van der Waals surface area (Å²) in [4.78, 5) is 0. The Labute approximate surface area is 104 Å². The van der Waals surface area contributed by atoms with Crippen LogP contribution in [-0.4, -0.2) is 0 Å². The van der Waals surface area contributed by atoms with E-state index < -0.39 is 0 Å². The number of hydrogen-bond donors (Lipinski definition) is 0. The SMILES string of the molecule is Cc1ccc(-c2cc(C)c(C)[cH-]2)o1.[Zr]. The van der Waals surface area contributed by atoms with Crippen LogP contribution in [0.15, 0.2) is 28.7 Å². The van der Waals surface area contributed by atoms with Gasteiger partial charge in [0, 0.05) is 32.0 Å². The Balaban J connectivity index is 0.000000980. The fraction of sp³-hybridized carbons (Fsp3) is 0.250. The van der Waals surface area contributed by atoms with Gasteiger partial charge in [-0.2, -0.15) is 11.6 Å². The Kier molecular flexibility index (Phi) is 3.61.